The lowest BCUT2D eigenvalue weighted by atomic mass is 10.0. The van der Waals surface area contributed by atoms with E-state index in [4.69, 9.17) is 5.21 Å². The molecule has 1 aromatic heterocycles. The Hall–Kier alpha value is -2.50. The zero-order chi connectivity index (χ0) is 17.8. The van der Waals surface area contributed by atoms with Gasteiger partial charge < -0.3 is 0 Å². The molecular weight excluding hydrogens is 334 g/mol. The Balaban J connectivity index is 1.73. The number of hydroxylamine groups is 1. The number of carbonyl (C=O) groups is 2. The topological polar surface area (TPSA) is 66.4 Å². The summed E-state index contributed by atoms with van der Waals surface area (Å²) in [5.74, 6) is -0.281. The third-order valence-electron chi connectivity index (χ3n) is 4.09. The first-order valence-electron chi connectivity index (χ1n) is 8.09. The molecule has 0 spiro atoms. The van der Waals surface area contributed by atoms with Crippen molar-refractivity contribution < 1.29 is 14.8 Å². The van der Waals surface area contributed by atoms with Crippen LogP contribution in [0.3, 0.4) is 0 Å². The summed E-state index contributed by atoms with van der Waals surface area (Å²) in [4.78, 5) is 24.6. The predicted molar refractivity (Wildman–Crippen MR) is 99.3 cm³/mol. The first-order chi connectivity index (χ1) is 12.0. The number of benzene rings is 2. The second-order valence-electron chi connectivity index (χ2n) is 6.09. The summed E-state index contributed by atoms with van der Waals surface area (Å²) < 4.78 is 1.13. The highest BCUT2D eigenvalue weighted by Crippen LogP contribution is 2.28. The second-order valence-corrected chi connectivity index (χ2v) is 7.25. The van der Waals surface area contributed by atoms with Crippen molar-refractivity contribution in [3.63, 3.8) is 0 Å². The number of carbonyl (C=O) groups excluding carboxylic acids is 2. The van der Waals surface area contributed by atoms with Crippen LogP contribution in [0.15, 0.2) is 48.5 Å². The molecule has 2 N–H and O–H groups in total. The molecule has 0 atom stereocenters. The van der Waals surface area contributed by atoms with Crippen molar-refractivity contribution in [1.29, 1.82) is 0 Å². The number of hydrogen-bond acceptors (Lipinski definition) is 4. The van der Waals surface area contributed by atoms with E-state index in [-0.39, 0.29) is 18.1 Å². The molecule has 0 fully saturated rings. The van der Waals surface area contributed by atoms with Crippen molar-refractivity contribution in [3.05, 3.63) is 70.1 Å². The van der Waals surface area contributed by atoms with Crippen molar-refractivity contribution in [2.24, 2.45) is 0 Å². The minimum atomic E-state index is -0.387. The largest absolute Gasteiger partial charge is 0.294 e. The van der Waals surface area contributed by atoms with Gasteiger partial charge >= 0.3 is 0 Å². The number of fused-ring (bicyclic) bond motifs is 1. The molecule has 0 aliphatic carbocycles. The summed E-state index contributed by atoms with van der Waals surface area (Å²) in [5, 5.41) is 9.64. The number of nitrogens with one attached hydrogen (secondary N) is 1. The van der Waals surface area contributed by atoms with E-state index in [9.17, 15) is 9.59 Å². The molecule has 0 aliphatic rings. The highest BCUT2D eigenvalue weighted by molar-refractivity contribution is 7.19. The highest BCUT2D eigenvalue weighted by atomic mass is 32.1. The predicted octanol–water partition coefficient (Wildman–Crippen LogP) is 4.07. The highest BCUT2D eigenvalue weighted by Gasteiger charge is 2.09. The van der Waals surface area contributed by atoms with E-state index in [0.29, 0.717) is 12.8 Å². The number of thiophene rings is 1. The quantitative estimate of drug-likeness (QED) is 0.399. The summed E-state index contributed by atoms with van der Waals surface area (Å²) in [6, 6.07) is 15.7. The van der Waals surface area contributed by atoms with Gasteiger partial charge in [0, 0.05) is 28.0 Å². The van der Waals surface area contributed by atoms with Crippen LogP contribution in [-0.2, 0) is 17.6 Å². The van der Waals surface area contributed by atoms with Gasteiger partial charge in [0.05, 0.1) is 0 Å². The Kier molecular flexibility index (Phi) is 5.26. The zero-order valence-corrected chi connectivity index (χ0v) is 14.7. The molecular formula is C20H19NO3S. The maximum absolute atomic E-state index is 12.4. The second kappa shape index (κ2) is 7.59. The lowest BCUT2D eigenvalue weighted by Crippen LogP contribution is -2.18. The Labute approximate surface area is 150 Å². The molecule has 0 aliphatic heterocycles. The van der Waals surface area contributed by atoms with Crippen LogP contribution in [0, 0.1) is 6.92 Å². The average molecular weight is 353 g/mol. The van der Waals surface area contributed by atoms with Crippen molar-refractivity contribution in [3.8, 4) is 0 Å². The van der Waals surface area contributed by atoms with Crippen LogP contribution in [0.4, 0.5) is 0 Å². The van der Waals surface area contributed by atoms with Crippen LogP contribution in [0.25, 0.3) is 10.1 Å². The fourth-order valence-corrected chi connectivity index (χ4v) is 3.74. The van der Waals surface area contributed by atoms with Crippen molar-refractivity contribution in [2.45, 2.75) is 26.2 Å². The van der Waals surface area contributed by atoms with Gasteiger partial charge in [0.1, 0.15) is 0 Å². The van der Waals surface area contributed by atoms with Gasteiger partial charge in [-0.05, 0) is 42.5 Å². The first kappa shape index (κ1) is 17.3. The molecule has 25 heavy (non-hydrogen) atoms. The molecule has 128 valence electrons. The van der Waals surface area contributed by atoms with Gasteiger partial charge in [0.15, 0.2) is 5.78 Å². The SMILES string of the molecule is Cc1ccc(C(=O)Cc2ccc3sc(CCC(=O)NO)cc3c2)cc1. The molecule has 5 heteroatoms. The minimum absolute atomic E-state index is 0.106. The van der Waals surface area contributed by atoms with Gasteiger partial charge in [-0.25, -0.2) is 5.48 Å². The molecule has 2 aromatic carbocycles. The molecule has 3 aromatic rings. The van der Waals surface area contributed by atoms with Crippen LogP contribution in [-0.4, -0.2) is 16.9 Å². The van der Waals surface area contributed by atoms with E-state index in [0.717, 1.165) is 31.7 Å². The molecule has 1 amide bonds. The van der Waals surface area contributed by atoms with Crippen molar-refractivity contribution in [2.75, 3.05) is 0 Å². The van der Waals surface area contributed by atoms with Gasteiger partial charge in [-0.2, -0.15) is 0 Å². The van der Waals surface area contributed by atoms with Gasteiger partial charge in [-0.15, -0.1) is 11.3 Å². The maximum atomic E-state index is 12.4. The Morgan fingerprint density at radius 1 is 1.08 bits per heavy atom. The fourth-order valence-electron chi connectivity index (χ4n) is 2.70. The van der Waals surface area contributed by atoms with Gasteiger partial charge in [0.2, 0.25) is 5.91 Å². The van der Waals surface area contributed by atoms with Gasteiger partial charge in [0.25, 0.3) is 0 Å². The van der Waals surface area contributed by atoms with E-state index in [1.807, 2.05) is 55.5 Å². The normalized spacial score (nSPS) is 10.8. The molecule has 4 nitrogen and oxygen atoms in total. The Morgan fingerprint density at radius 3 is 2.56 bits per heavy atom. The fraction of sp³-hybridized carbons (Fsp3) is 0.200. The lowest BCUT2D eigenvalue weighted by molar-refractivity contribution is -0.129. The lowest BCUT2D eigenvalue weighted by Gasteiger charge is -2.02. The summed E-state index contributed by atoms with van der Waals surface area (Å²) in [6.07, 6.45) is 1.21. The van der Waals surface area contributed by atoms with Crippen LogP contribution in [0.5, 0.6) is 0 Å². The average Bonchev–Trinajstić information content (AvgIpc) is 3.02. The third kappa shape index (κ3) is 4.32. The van der Waals surface area contributed by atoms with Gasteiger partial charge in [-0.1, -0.05) is 35.9 Å². The van der Waals surface area contributed by atoms with Crippen LogP contribution in [0.2, 0.25) is 0 Å². The van der Waals surface area contributed by atoms with Crippen molar-refractivity contribution in [1.82, 2.24) is 5.48 Å². The van der Waals surface area contributed by atoms with E-state index in [1.165, 1.54) is 0 Å². The van der Waals surface area contributed by atoms with E-state index < -0.39 is 0 Å². The van der Waals surface area contributed by atoms with E-state index in [1.54, 1.807) is 16.8 Å². The summed E-state index contributed by atoms with van der Waals surface area (Å²) in [5.41, 5.74) is 4.49. The summed E-state index contributed by atoms with van der Waals surface area (Å²) >= 11 is 1.63. The molecule has 0 unspecified atom stereocenters. The number of amides is 1. The van der Waals surface area contributed by atoms with Gasteiger partial charge in [-0.3, -0.25) is 14.8 Å². The molecule has 3 rings (SSSR count). The van der Waals surface area contributed by atoms with E-state index in [2.05, 4.69) is 0 Å². The molecule has 0 saturated carbocycles. The van der Waals surface area contributed by atoms with E-state index >= 15 is 0 Å². The number of ketones is 1. The number of aryl methyl sites for hydroxylation is 2. The number of hydrogen-bond donors (Lipinski definition) is 2. The van der Waals surface area contributed by atoms with Crippen molar-refractivity contribution >= 4 is 33.1 Å². The number of Topliss-reactive ketones (excluding diaryl/α,β-unsaturated/α-hetero) is 1. The monoisotopic (exact) mass is 353 g/mol. The molecule has 0 bridgehead atoms. The first-order valence-corrected chi connectivity index (χ1v) is 8.91. The Bertz CT molecular complexity index is 912. The smallest absolute Gasteiger partial charge is 0.243 e. The molecule has 1 heterocycles. The Morgan fingerprint density at radius 2 is 1.84 bits per heavy atom. The third-order valence-corrected chi connectivity index (χ3v) is 5.27. The maximum Gasteiger partial charge on any atom is 0.243 e. The zero-order valence-electron chi connectivity index (χ0n) is 13.9. The minimum Gasteiger partial charge on any atom is -0.294 e. The standard InChI is InChI=1S/C20H19NO3S/c1-13-2-5-15(6-3-13)18(22)11-14-4-8-19-16(10-14)12-17(25-19)7-9-20(23)21-24/h2-6,8,10,12,24H,7,9,11H2,1H3,(H,21,23). The van der Waals surface area contributed by atoms with Crippen LogP contribution in [0.1, 0.15) is 32.8 Å². The summed E-state index contributed by atoms with van der Waals surface area (Å²) in [7, 11) is 0. The molecule has 0 saturated heterocycles. The van der Waals surface area contributed by atoms with Crippen LogP contribution < -0.4 is 5.48 Å². The molecule has 0 radical (unpaired) electrons. The number of rotatable bonds is 6. The summed E-state index contributed by atoms with van der Waals surface area (Å²) in [6.45, 7) is 2.00. The van der Waals surface area contributed by atoms with Crippen LogP contribution >= 0.6 is 11.3 Å².